The van der Waals surface area contributed by atoms with Crippen LogP contribution in [0.15, 0.2) is 9.79 Å². The van der Waals surface area contributed by atoms with Crippen LogP contribution in [-0.2, 0) is 20.0 Å². The third-order valence-electron chi connectivity index (χ3n) is 7.11. The summed E-state index contributed by atoms with van der Waals surface area (Å²) in [4.78, 5) is 0.551. The smallest absolute Gasteiger partial charge is 0.210 e. The molecule has 8 heteroatoms. The zero-order chi connectivity index (χ0) is 24.8. The first kappa shape index (κ1) is 26.5. The first-order valence-corrected chi connectivity index (χ1v) is 13.7. The van der Waals surface area contributed by atoms with Gasteiger partial charge in [0.1, 0.15) is 0 Å². The van der Waals surface area contributed by atoms with Gasteiger partial charge in [-0.2, -0.15) is 0 Å². The lowest BCUT2D eigenvalue weighted by molar-refractivity contribution is 0.569. The first-order chi connectivity index (χ1) is 14.6. The van der Waals surface area contributed by atoms with E-state index in [1.165, 1.54) is 0 Å². The van der Waals surface area contributed by atoms with Crippen LogP contribution in [0.3, 0.4) is 0 Å². The van der Waals surface area contributed by atoms with Crippen LogP contribution in [0.2, 0.25) is 0 Å². The Bertz CT molecular complexity index is 1130. The van der Waals surface area contributed by atoms with Crippen molar-refractivity contribution in [2.45, 2.75) is 79.0 Å². The minimum Gasteiger partial charge on any atom is -0.210 e. The summed E-state index contributed by atoms with van der Waals surface area (Å²) in [5, 5.41) is 0. The van der Waals surface area contributed by atoms with E-state index in [0.29, 0.717) is 0 Å². The van der Waals surface area contributed by atoms with Gasteiger partial charge in [0, 0.05) is 13.1 Å². The summed E-state index contributed by atoms with van der Waals surface area (Å²) < 4.78 is 57.2. The zero-order valence-electron chi connectivity index (χ0n) is 20.9. The molecule has 2 aromatic rings. The monoisotopic (exact) mass is 480 g/mol. The van der Waals surface area contributed by atoms with Crippen molar-refractivity contribution >= 4 is 20.0 Å². The van der Waals surface area contributed by atoms with E-state index in [2.05, 4.69) is 9.44 Å². The minimum absolute atomic E-state index is 0.0473. The van der Waals surface area contributed by atoms with Crippen molar-refractivity contribution in [1.29, 1.82) is 0 Å². The van der Waals surface area contributed by atoms with E-state index >= 15 is 0 Å². The van der Waals surface area contributed by atoms with Crippen molar-refractivity contribution in [2.24, 2.45) is 0 Å². The van der Waals surface area contributed by atoms with Crippen molar-refractivity contribution in [2.75, 3.05) is 13.1 Å². The molecule has 0 aliphatic carbocycles. The quantitative estimate of drug-likeness (QED) is 0.585. The molecule has 0 aliphatic rings. The number of sulfonamides is 2. The van der Waals surface area contributed by atoms with Crippen LogP contribution in [-0.4, -0.2) is 29.9 Å². The molecule has 0 amide bonds. The standard InChI is InChI=1S/C24H36N2O4S2/c1-13-15(3)19(7)23(20(8)16(13)4)31(27,28)25-11-12-26-32(29,30)24-21(9)17(5)14(2)18(6)22(24)10/h25-26H,11-12H2,1-10H3. The molecule has 0 bridgehead atoms. The molecule has 0 aromatic heterocycles. The Morgan fingerprint density at radius 2 is 0.594 bits per heavy atom. The maximum Gasteiger partial charge on any atom is 0.241 e. The lowest BCUT2D eigenvalue weighted by Crippen LogP contribution is -2.36. The third-order valence-corrected chi connectivity index (χ3v) is 10.6. The maximum atomic E-state index is 13.0. The molecule has 2 rings (SSSR count). The summed E-state index contributed by atoms with van der Waals surface area (Å²) in [6.45, 7) is 18.8. The molecular weight excluding hydrogens is 444 g/mol. The van der Waals surface area contributed by atoms with Gasteiger partial charge >= 0.3 is 0 Å². The molecular formula is C24H36N2O4S2. The Kier molecular flexibility index (Phi) is 7.66. The molecule has 178 valence electrons. The van der Waals surface area contributed by atoms with Gasteiger partial charge in [-0.15, -0.1) is 0 Å². The Balaban J connectivity index is 2.25. The van der Waals surface area contributed by atoms with Crippen LogP contribution >= 0.6 is 0 Å². The van der Waals surface area contributed by atoms with Crippen LogP contribution in [0.4, 0.5) is 0 Å². The van der Waals surface area contributed by atoms with Crippen molar-refractivity contribution in [3.8, 4) is 0 Å². The first-order valence-electron chi connectivity index (χ1n) is 10.7. The van der Waals surface area contributed by atoms with Crippen molar-refractivity contribution in [3.05, 3.63) is 55.6 Å². The molecule has 2 aromatic carbocycles. The Labute approximate surface area is 193 Å². The van der Waals surface area contributed by atoms with Gasteiger partial charge in [0.25, 0.3) is 0 Å². The zero-order valence-corrected chi connectivity index (χ0v) is 22.5. The maximum absolute atomic E-state index is 13.0. The fourth-order valence-corrected chi connectivity index (χ4v) is 7.51. The summed E-state index contributed by atoms with van der Waals surface area (Å²) in [5.74, 6) is 0. The lowest BCUT2D eigenvalue weighted by Gasteiger charge is -2.20. The predicted octanol–water partition coefficient (Wildman–Crippen LogP) is 4.03. The molecule has 0 saturated carbocycles. The van der Waals surface area contributed by atoms with E-state index < -0.39 is 20.0 Å². The van der Waals surface area contributed by atoms with Crippen LogP contribution in [0, 0.1) is 69.2 Å². The summed E-state index contributed by atoms with van der Waals surface area (Å²) in [7, 11) is -7.57. The molecule has 0 aliphatic heterocycles. The van der Waals surface area contributed by atoms with Gasteiger partial charge in [-0.25, -0.2) is 26.3 Å². The molecule has 0 heterocycles. The van der Waals surface area contributed by atoms with E-state index in [1.807, 2.05) is 41.5 Å². The molecule has 32 heavy (non-hydrogen) atoms. The Morgan fingerprint density at radius 1 is 0.406 bits per heavy atom. The molecule has 0 fully saturated rings. The Hall–Kier alpha value is -1.74. The second-order valence-electron chi connectivity index (χ2n) is 8.70. The van der Waals surface area contributed by atoms with E-state index in [0.717, 1.165) is 55.6 Å². The van der Waals surface area contributed by atoms with E-state index in [9.17, 15) is 16.8 Å². The molecule has 0 spiro atoms. The highest BCUT2D eigenvalue weighted by molar-refractivity contribution is 7.90. The largest absolute Gasteiger partial charge is 0.241 e. The second-order valence-corrected chi connectivity index (χ2v) is 12.1. The molecule has 6 nitrogen and oxygen atoms in total. The summed E-state index contributed by atoms with van der Waals surface area (Å²) in [6.07, 6.45) is 0. The fourth-order valence-electron chi connectivity index (χ4n) is 4.25. The van der Waals surface area contributed by atoms with Crippen LogP contribution in [0.5, 0.6) is 0 Å². The molecule has 0 atom stereocenters. The van der Waals surface area contributed by atoms with Crippen molar-refractivity contribution < 1.29 is 16.8 Å². The van der Waals surface area contributed by atoms with Gasteiger partial charge in [-0.05, 0) is 125 Å². The highest BCUT2D eigenvalue weighted by Gasteiger charge is 2.25. The van der Waals surface area contributed by atoms with E-state index in [4.69, 9.17) is 0 Å². The van der Waals surface area contributed by atoms with Gasteiger partial charge in [-0.3, -0.25) is 0 Å². The van der Waals surface area contributed by atoms with Crippen LogP contribution in [0.1, 0.15) is 55.6 Å². The summed E-state index contributed by atoms with van der Waals surface area (Å²) >= 11 is 0. The normalized spacial score (nSPS) is 12.4. The summed E-state index contributed by atoms with van der Waals surface area (Å²) in [5.41, 5.74) is 8.84. The van der Waals surface area contributed by atoms with Gasteiger partial charge in [0.05, 0.1) is 9.79 Å². The van der Waals surface area contributed by atoms with E-state index in [1.54, 1.807) is 27.7 Å². The van der Waals surface area contributed by atoms with Gasteiger partial charge in [-0.1, -0.05) is 0 Å². The average molecular weight is 481 g/mol. The van der Waals surface area contributed by atoms with Crippen LogP contribution < -0.4 is 9.44 Å². The highest BCUT2D eigenvalue weighted by atomic mass is 32.2. The Morgan fingerprint density at radius 3 is 0.812 bits per heavy atom. The summed E-state index contributed by atoms with van der Waals surface area (Å²) in [6, 6.07) is 0. The SMILES string of the molecule is Cc1c(C)c(C)c(S(=O)(=O)NCCNS(=O)(=O)c2c(C)c(C)c(C)c(C)c2C)c(C)c1C. The fraction of sp³-hybridized carbons (Fsp3) is 0.500. The molecule has 0 unspecified atom stereocenters. The van der Waals surface area contributed by atoms with Crippen LogP contribution in [0.25, 0.3) is 0 Å². The van der Waals surface area contributed by atoms with Crippen molar-refractivity contribution in [3.63, 3.8) is 0 Å². The number of hydrogen-bond acceptors (Lipinski definition) is 4. The highest BCUT2D eigenvalue weighted by Crippen LogP contribution is 2.30. The molecule has 0 radical (unpaired) electrons. The number of rotatable bonds is 7. The molecule has 2 N–H and O–H groups in total. The van der Waals surface area contributed by atoms with Crippen molar-refractivity contribution in [1.82, 2.24) is 9.44 Å². The molecule has 0 saturated heterocycles. The van der Waals surface area contributed by atoms with Gasteiger partial charge < -0.3 is 0 Å². The topological polar surface area (TPSA) is 92.3 Å². The predicted molar refractivity (Wildman–Crippen MR) is 131 cm³/mol. The third kappa shape index (κ3) is 4.64. The minimum atomic E-state index is -3.79. The number of nitrogens with one attached hydrogen (secondary N) is 2. The second kappa shape index (κ2) is 9.25. The number of hydrogen-bond donors (Lipinski definition) is 2. The van der Waals surface area contributed by atoms with Gasteiger partial charge in [0.2, 0.25) is 20.0 Å². The van der Waals surface area contributed by atoms with Gasteiger partial charge in [0.15, 0.2) is 0 Å². The lowest BCUT2D eigenvalue weighted by atomic mass is 9.95. The van der Waals surface area contributed by atoms with E-state index in [-0.39, 0.29) is 22.9 Å². The number of benzene rings is 2. The average Bonchev–Trinajstić information content (AvgIpc) is 2.71.